The molecule has 9 aromatic carbocycles. The number of thiophene rings is 1. The van der Waals surface area contributed by atoms with E-state index in [9.17, 15) is 0 Å². The Morgan fingerprint density at radius 2 is 1.09 bits per heavy atom. The van der Waals surface area contributed by atoms with E-state index in [2.05, 4.69) is 210 Å². The highest BCUT2D eigenvalue weighted by molar-refractivity contribution is 7.26. The molecule has 0 aliphatic carbocycles. The lowest BCUT2D eigenvalue weighted by molar-refractivity contribution is 1.21. The van der Waals surface area contributed by atoms with Gasteiger partial charge in [-0.2, -0.15) is 0 Å². The first kappa shape index (κ1) is 32.8. The Labute approximate surface area is 333 Å². The van der Waals surface area contributed by atoms with Gasteiger partial charge in [-0.1, -0.05) is 145 Å². The third-order valence-corrected chi connectivity index (χ3v) is 12.4. The Kier molecular flexibility index (Phi) is 7.77. The van der Waals surface area contributed by atoms with E-state index >= 15 is 0 Å². The van der Waals surface area contributed by atoms with Crippen LogP contribution in [-0.4, -0.2) is 4.57 Å². The molecule has 0 atom stereocenters. The molecule has 11 aromatic rings. The second kappa shape index (κ2) is 13.3. The van der Waals surface area contributed by atoms with Crippen molar-refractivity contribution in [1.82, 2.24) is 4.57 Å². The molecular weight excluding hydrogens is 720 g/mol. The lowest BCUT2D eigenvalue weighted by Crippen LogP contribution is -2.10. The van der Waals surface area contributed by atoms with Crippen molar-refractivity contribution < 1.29 is 0 Å². The number of hydrogen-bond acceptors (Lipinski definition) is 2. The van der Waals surface area contributed by atoms with Crippen molar-refractivity contribution in [1.29, 1.82) is 0 Å². The molecule has 0 radical (unpaired) electrons. The molecule has 11 rings (SSSR count). The molecule has 4 heteroatoms. The van der Waals surface area contributed by atoms with Crippen molar-refractivity contribution >= 4 is 92.8 Å². The molecule has 56 heavy (non-hydrogen) atoms. The van der Waals surface area contributed by atoms with Crippen LogP contribution in [0.25, 0.3) is 80.7 Å². The van der Waals surface area contributed by atoms with Crippen molar-refractivity contribution in [2.75, 3.05) is 4.90 Å². The summed E-state index contributed by atoms with van der Waals surface area (Å²) in [5.74, 6) is 0. The van der Waals surface area contributed by atoms with Gasteiger partial charge in [-0.05, 0) is 88.8 Å². The van der Waals surface area contributed by atoms with Crippen LogP contribution in [0.15, 0.2) is 200 Å². The van der Waals surface area contributed by atoms with E-state index in [1.54, 1.807) is 0 Å². The summed E-state index contributed by atoms with van der Waals surface area (Å²) in [6.07, 6.45) is 0. The summed E-state index contributed by atoms with van der Waals surface area (Å²) in [5.41, 5.74) is 11.3. The fraction of sp³-hybridized carbons (Fsp3) is 0. The average molecular weight is 753 g/mol. The van der Waals surface area contributed by atoms with Gasteiger partial charge in [0.1, 0.15) is 0 Å². The molecule has 0 spiro atoms. The summed E-state index contributed by atoms with van der Waals surface area (Å²) in [4.78, 5) is 2.30. The normalized spacial score (nSPS) is 11.7. The number of hydrogen-bond donors (Lipinski definition) is 0. The third-order valence-electron chi connectivity index (χ3n) is 11.0. The summed E-state index contributed by atoms with van der Waals surface area (Å²) < 4.78 is 5.00. The standard InChI is InChI=1S/C52H33ClN2S/c53-38-30-37(31-41(32-38)54(39-18-5-2-6-19-39)40-28-26-35(27-29-40)34-14-3-1-4-15-34)45-33-46-43-21-9-11-23-48(43)55(47-24-13-17-36-16-7-8-20-42(36)47)51(46)50-44-22-10-12-25-49(44)56-52(45)50/h1-33H. The summed E-state index contributed by atoms with van der Waals surface area (Å²) >= 11 is 9.04. The monoisotopic (exact) mass is 752 g/mol. The zero-order valence-corrected chi connectivity index (χ0v) is 31.8. The van der Waals surface area contributed by atoms with Gasteiger partial charge in [0.05, 0.1) is 16.7 Å². The molecule has 0 aliphatic heterocycles. The molecule has 0 bridgehead atoms. The Balaban J connectivity index is 1.18. The van der Waals surface area contributed by atoms with E-state index in [0.29, 0.717) is 5.02 Å². The van der Waals surface area contributed by atoms with E-state index in [0.717, 1.165) is 22.6 Å². The number of nitrogens with zero attached hydrogens (tertiary/aromatic N) is 2. The van der Waals surface area contributed by atoms with E-state index in [-0.39, 0.29) is 0 Å². The SMILES string of the molecule is Clc1cc(-c2cc3c4ccccc4n(-c4cccc5ccccc45)c3c3c2sc2ccccc23)cc(N(c2ccccc2)c2ccc(-c3ccccc3)cc2)c1. The highest BCUT2D eigenvalue weighted by Crippen LogP contribution is 2.49. The molecule has 0 saturated carbocycles. The lowest BCUT2D eigenvalue weighted by atomic mass is 9.98. The van der Waals surface area contributed by atoms with Gasteiger partial charge < -0.3 is 9.47 Å². The smallest absolute Gasteiger partial charge is 0.0634 e. The molecule has 2 aromatic heterocycles. The van der Waals surface area contributed by atoms with E-state index in [4.69, 9.17) is 11.6 Å². The molecule has 2 heterocycles. The molecule has 0 unspecified atom stereocenters. The maximum atomic E-state index is 7.18. The van der Waals surface area contributed by atoms with Crippen LogP contribution in [-0.2, 0) is 0 Å². The highest BCUT2D eigenvalue weighted by atomic mass is 35.5. The van der Waals surface area contributed by atoms with Crippen LogP contribution in [0.3, 0.4) is 0 Å². The molecule has 0 amide bonds. The molecule has 0 aliphatic rings. The van der Waals surface area contributed by atoms with Crippen molar-refractivity contribution in [3.05, 3.63) is 205 Å². The van der Waals surface area contributed by atoms with Gasteiger partial charge in [-0.25, -0.2) is 0 Å². The van der Waals surface area contributed by atoms with Gasteiger partial charge in [-0.3, -0.25) is 0 Å². The zero-order chi connectivity index (χ0) is 37.2. The van der Waals surface area contributed by atoms with Crippen LogP contribution in [0.1, 0.15) is 0 Å². The van der Waals surface area contributed by atoms with Crippen LogP contribution in [0.2, 0.25) is 5.02 Å². The van der Waals surface area contributed by atoms with Crippen LogP contribution in [0.4, 0.5) is 17.1 Å². The van der Waals surface area contributed by atoms with Crippen molar-refractivity contribution in [2.45, 2.75) is 0 Å². The number of benzene rings is 9. The fourth-order valence-electron chi connectivity index (χ4n) is 8.52. The lowest BCUT2D eigenvalue weighted by Gasteiger charge is -2.26. The first-order valence-electron chi connectivity index (χ1n) is 18.9. The fourth-order valence-corrected chi connectivity index (χ4v) is 9.99. The molecule has 264 valence electrons. The van der Waals surface area contributed by atoms with E-state index in [1.807, 2.05) is 11.3 Å². The van der Waals surface area contributed by atoms with Gasteiger partial charge in [0.25, 0.3) is 0 Å². The quantitative estimate of drug-likeness (QED) is 0.164. The molecule has 2 nitrogen and oxygen atoms in total. The Hall–Kier alpha value is -6.65. The van der Waals surface area contributed by atoms with Crippen molar-refractivity contribution in [3.8, 4) is 27.9 Å². The number of rotatable bonds is 6. The highest BCUT2D eigenvalue weighted by Gasteiger charge is 2.23. The third kappa shape index (κ3) is 5.31. The predicted octanol–water partition coefficient (Wildman–Crippen LogP) is 15.8. The Bertz CT molecular complexity index is 3250. The topological polar surface area (TPSA) is 8.17 Å². The first-order valence-corrected chi connectivity index (χ1v) is 20.1. The van der Waals surface area contributed by atoms with E-state index < -0.39 is 0 Å². The number of para-hydroxylation sites is 2. The number of fused-ring (bicyclic) bond motifs is 8. The second-order valence-corrected chi connectivity index (χ2v) is 15.7. The van der Waals surface area contributed by atoms with Crippen LogP contribution in [0.5, 0.6) is 0 Å². The van der Waals surface area contributed by atoms with E-state index in [1.165, 1.54) is 75.1 Å². The first-order chi connectivity index (χ1) is 27.7. The number of aromatic nitrogens is 1. The molecule has 0 N–H and O–H groups in total. The van der Waals surface area contributed by atoms with Crippen LogP contribution in [0, 0.1) is 0 Å². The van der Waals surface area contributed by atoms with Crippen LogP contribution >= 0.6 is 22.9 Å². The zero-order valence-electron chi connectivity index (χ0n) is 30.2. The average Bonchev–Trinajstić information content (AvgIpc) is 3.80. The Morgan fingerprint density at radius 1 is 0.446 bits per heavy atom. The summed E-state index contributed by atoms with van der Waals surface area (Å²) in [6.45, 7) is 0. The van der Waals surface area contributed by atoms with Crippen molar-refractivity contribution in [2.24, 2.45) is 0 Å². The van der Waals surface area contributed by atoms with Gasteiger partial charge in [0.2, 0.25) is 0 Å². The Morgan fingerprint density at radius 3 is 1.91 bits per heavy atom. The minimum absolute atomic E-state index is 0.687. The second-order valence-electron chi connectivity index (χ2n) is 14.3. The minimum Gasteiger partial charge on any atom is -0.310 e. The maximum absolute atomic E-state index is 7.18. The number of anilines is 3. The van der Waals surface area contributed by atoms with Gasteiger partial charge in [0, 0.05) is 64.0 Å². The maximum Gasteiger partial charge on any atom is 0.0634 e. The van der Waals surface area contributed by atoms with Crippen LogP contribution < -0.4 is 4.90 Å². The largest absolute Gasteiger partial charge is 0.310 e. The summed E-state index contributed by atoms with van der Waals surface area (Å²) in [6, 6.07) is 71.8. The van der Waals surface area contributed by atoms with Gasteiger partial charge >= 0.3 is 0 Å². The van der Waals surface area contributed by atoms with Crippen molar-refractivity contribution in [3.63, 3.8) is 0 Å². The number of halogens is 1. The van der Waals surface area contributed by atoms with Gasteiger partial charge in [0.15, 0.2) is 0 Å². The molecular formula is C52H33ClN2S. The molecule has 0 saturated heterocycles. The predicted molar refractivity (Wildman–Crippen MR) is 242 cm³/mol. The minimum atomic E-state index is 0.687. The summed E-state index contributed by atoms with van der Waals surface area (Å²) in [5, 5.41) is 8.11. The van der Waals surface area contributed by atoms with Gasteiger partial charge in [-0.15, -0.1) is 11.3 Å². The summed E-state index contributed by atoms with van der Waals surface area (Å²) in [7, 11) is 0. The molecule has 0 fully saturated rings.